The predicted molar refractivity (Wildman–Crippen MR) is 85.6 cm³/mol. The van der Waals surface area contributed by atoms with Crippen molar-refractivity contribution in [2.24, 2.45) is 5.73 Å². The van der Waals surface area contributed by atoms with Crippen molar-refractivity contribution in [1.29, 1.82) is 0 Å². The van der Waals surface area contributed by atoms with Gasteiger partial charge in [0.25, 0.3) is 0 Å². The third kappa shape index (κ3) is 4.98. The van der Waals surface area contributed by atoms with E-state index in [0.717, 1.165) is 0 Å². The number of hydrogen-bond acceptors (Lipinski definition) is 8. The minimum atomic E-state index is -3.30. The van der Waals surface area contributed by atoms with E-state index in [1.165, 1.54) is 21.3 Å². The maximum absolute atomic E-state index is 12.5. The van der Waals surface area contributed by atoms with E-state index in [4.69, 9.17) is 28.5 Å². The number of nitrogens with two attached hydrogens (primary N) is 1. The van der Waals surface area contributed by atoms with Gasteiger partial charge in [0, 0.05) is 21.3 Å². The Kier molecular flexibility index (Phi) is 9.55. The Balaban J connectivity index is 5.86. The number of esters is 2. The molecule has 8 nitrogen and oxygen atoms in total. The van der Waals surface area contributed by atoms with Crippen LogP contribution in [-0.4, -0.2) is 60.8 Å². The van der Waals surface area contributed by atoms with Crippen LogP contribution in [-0.2, 0) is 32.3 Å². The van der Waals surface area contributed by atoms with Gasteiger partial charge in [-0.2, -0.15) is 0 Å². The van der Waals surface area contributed by atoms with Crippen LogP contribution in [0.2, 0.25) is 5.54 Å². The highest BCUT2D eigenvalue weighted by atomic mass is 28.4. The van der Waals surface area contributed by atoms with Crippen molar-refractivity contribution >= 4 is 20.7 Å². The van der Waals surface area contributed by atoms with Crippen molar-refractivity contribution < 1.29 is 32.3 Å². The van der Waals surface area contributed by atoms with Crippen LogP contribution in [0.15, 0.2) is 0 Å². The van der Waals surface area contributed by atoms with E-state index < -0.39 is 31.8 Å². The first kappa shape index (κ1) is 22.0. The number of carbonyl (C=O) groups excluding carboxylic acids is 2. The summed E-state index contributed by atoms with van der Waals surface area (Å²) in [6.45, 7) is 5.48. The molecule has 0 radical (unpaired) electrons. The van der Waals surface area contributed by atoms with E-state index in [0.29, 0.717) is 6.42 Å². The lowest BCUT2D eigenvalue weighted by atomic mass is 9.90. The fraction of sp³-hybridized carbons (Fsp3) is 0.857. The van der Waals surface area contributed by atoms with Crippen LogP contribution in [0.3, 0.4) is 0 Å². The summed E-state index contributed by atoms with van der Waals surface area (Å²) in [6, 6.07) is 0. The van der Waals surface area contributed by atoms with Crippen molar-refractivity contribution in [3.05, 3.63) is 0 Å². The van der Waals surface area contributed by atoms with Crippen LogP contribution in [0.25, 0.3) is 0 Å². The predicted octanol–water partition coefficient (Wildman–Crippen LogP) is 0.859. The minimum absolute atomic E-state index is 0.137. The smallest absolute Gasteiger partial charge is 0.466 e. The molecule has 0 aromatic carbocycles. The van der Waals surface area contributed by atoms with Crippen LogP contribution >= 0.6 is 0 Å². The molecule has 2 atom stereocenters. The molecule has 0 aliphatic rings. The summed E-state index contributed by atoms with van der Waals surface area (Å²) < 4.78 is 26.4. The lowest BCUT2D eigenvalue weighted by Crippen LogP contribution is -2.64. The number of rotatable bonds is 11. The summed E-state index contributed by atoms with van der Waals surface area (Å²) in [6.07, 6.45) is 0.0550. The summed E-state index contributed by atoms with van der Waals surface area (Å²) in [4.78, 5) is 24.5. The van der Waals surface area contributed by atoms with Crippen LogP contribution in [0.5, 0.6) is 0 Å². The molecule has 23 heavy (non-hydrogen) atoms. The molecular weight excluding hydrogens is 322 g/mol. The lowest BCUT2D eigenvalue weighted by Gasteiger charge is -2.41. The first-order valence-corrected chi connectivity index (χ1v) is 9.39. The van der Waals surface area contributed by atoms with Gasteiger partial charge in [-0.15, -0.1) is 0 Å². The SMILES string of the molecule is CCOC(=O)CC(N)(C(=O)OCC)C(CC)[Si](OC)(OC)OC. The van der Waals surface area contributed by atoms with Gasteiger partial charge in [0.05, 0.1) is 25.2 Å². The molecule has 0 rings (SSSR count). The molecule has 0 aliphatic heterocycles. The van der Waals surface area contributed by atoms with Crippen molar-refractivity contribution in [2.75, 3.05) is 34.5 Å². The zero-order valence-corrected chi connectivity index (χ0v) is 15.8. The standard InChI is InChI=1S/C14H29NO7Si/c1-7-11(23(18-4,19-5)20-6)14(15,13(17)22-9-3)10-12(16)21-8-2/h11H,7-10,15H2,1-6H3. The van der Waals surface area contributed by atoms with Crippen LogP contribution < -0.4 is 5.73 Å². The van der Waals surface area contributed by atoms with Gasteiger partial charge in [-0.1, -0.05) is 6.92 Å². The Morgan fingerprint density at radius 1 is 1.00 bits per heavy atom. The van der Waals surface area contributed by atoms with Gasteiger partial charge in [0.15, 0.2) is 0 Å². The molecule has 0 amide bonds. The monoisotopic (exact) mass is 351 g/mol. The quantitative estimate of drug-likeness (QED) is 0.431. The Labute approximate surface area is 138 Å². The van der Waals surface area contributed by atoms with E-state index in [2.05, 4.69) is 0 Å². The molecule has 9 heteroatoms. The topological polar surface area (TPSA) is 106 Å². The third-order valence-electron chi connectivity index (χ3n) is 3.71. The third-order valence-corrected chi connectivity index (χ3v) is 7.19. The fourth-order valence-electron chi connectivity index (χ4n) is 2.66. The van der Waals surface area contributed by atoms with Crippen LogP contribution in [0, 0.1) is 0 Å². The maximum Gasteiger partial charge on any atom is 0.505 e. The molecule has 0 aromatic heterocycles. The van der Waals surface area contributed by atoms with Gasteiger partial charge < -0.3 is 28.5 Å². The zero-order chi connectivity index (χ0) is 18.1. The van der Waals surface area contributed by atoms with E-state index in [1.807, 2.05) is 6.92 Å². The van der Waals surface area contributed by atoms with Crippen molar-refractivity contribution in [3.63, 3.8) is 0 Å². The molecule has 0 heterocycles. The molecule has 0 fully saturated rings. The van der Waals surface area contributed by atoms with E-state index in [1.54, 1.807) is 13.8 Å². The lowest BCUT2D eigenvalue weighted by molar-refractivity contribution is -0.157. The van der Waals surface area contributed by atoms with Gasteiger partial charge in [0.2, 0.25) is 0 Å². The Morgan fingerprint density at radius 2 is 1.48 bits per heavy atom. The molecule has 0 spiro atoms. The van der Waals surface area contributed by atoms with E-state index in [-0.39, 0.29) is 19.6 Å². The van der Waals surface area contributed by atoms with E-state index in [9.17, 15) is 9.59 Å². The molecule has 0 aromatic rings. The number of ether oxygens (including phenoxy) is 2. The van der Waals surface area contributed by atoms with E-state index >= 15 is 0 Å². The highest BCUT2D eigenvalue weighted by molar-refractivity contribution is 6.63. The fourth-order valence-corrected chi connectivity index (χ4v) is 5.36. The first-order valence-electron chi connectivity index (χ1n) is 7.58. The first-order chi connectivity index (χ1) is 10.8. The second kappa shape index (κ2) is 9.99. The largest absolute Gasteiger partial charge is 0.505 e. The average molecular weight is 351 g/mol. The second-order valence-electron chi connectivity index (χ2n) is 4.92. The highest BCUT2D eigenvalue weighted by Crippen LogP contribution is 2.39. The summed E-state index contributed by atoms with van der Waals surface area (Å²) in [5.74, 6) is -1.30. The highest BCUT2D eigenvalue weighted by Gasteiger charge is 2.60. The average Bonchev–Trinajstić information content (AvgIpc) is 2.52. The second-order valence-corrected chi connectivity index (χ2v) is 8.05. The van der Waals surface area contributed by atoms with Gasteiger partial charge in [0.1, 0.15) is 5.54 Å². The molecule has 2 unspecified atom stereocenters. The summed E-state index contributed by atoms with van der Waals surface area (Å²) >= 11 is 0. The van der Waals surface area contributed by atoms with Crippen molar-refractivity contribution in [1.82, 2.24) is 0 Å². The number of carbonyl (C=O) groups is 2. The van der Waals surface area contributed by atoms with Gasteiger partial charge in [-0.3, -0.25) is 9.59 Å². The van der Waals surface area contributed by atoms with Gasteiger partial charge in [-0.05, 0) is 20.3 Å². The normalized spacial score (nSPS) is 15.6. The molecule has 0 bridgehead atoms. The maximum atomic E-state index is 12.5. The molecule has 136 valence electrons. The van der Waals surface area contributed by atoms with Crippen molar-refractivity contribution in [2.45, 2.75) is 44.7 Å². The van der Waals surface area contributed by atoms with Crippen LogP contribution in [0.4, 0.5) is 0 Å². The van der Waals surface area contributed by atoms with Crippen molar-refractivity contribution in [3.8, 4) is 0 Å². The number of hydrogen-bond donors (Lipinski definition) is 1. The Hall–Kier alpha value is -1.00. The minimum Gasteiger partial charge on any atom is -0.466 e. The molecule has 0 saturated carbocycles. The summed E-state index contributed by atoms with van der Waals surface area (Å²) in [5, 5.41) is 0. The molecular formula is C14H29NO7Si. The summed E-state index contributed by atoms with van der Waals surface area (Å²) in [5.41, 5.74) is 4.02. The van der Waals surface area contributed by atoms with Crippen LogP contribution in [0.1, 0.15) is 33.6 Å². The molecule has 2 N–H and O–H groups in total. The summed E-state index contributed by atoms with van der Waals surface area (Å²) in [7, 11) is 0.988. The molecule has 0 aliphatic carbocycles. The Bertz CT molecular complexity index is 381. The molecule has 0 saturated heterocycles. The zero-order valence-electron chi connectivity index (χ0n) is 14.8. The Morgan fingerprint density at radius 3 is 1.83 bits per heavy atom. The van der Waals surface area contributed by atoms with Gasteiger partial charge in [-0.25, -0.2) is 0 Å². The van der Waals surface area contributed by atoms with Gasteiger partial charge >= 0.3 is 20.7 Å².